The summed E-state index contributed by atoms with van der Waals surface area (Å²) in [4.78, 5) is 27.0. The van der Waals surface area contributed by atoms with Crippen LogP contribution in [0.4, 0.5) is 4.79 Å². The molecule has 8 heteroatoms. The van der Waals surface area contributed by atoms with Crippen LogP contribution in [0.2, 0.25) is 0 Å². The van der Waals surface area contributed by atoms with Gasteiger partial charge in [0, 0.05) is 43.0 Å². The van der Waals surface area contributed by atoms with Crippen molar-refractivity contribution in [3.8, 4) is 0 Å². The zero-order chi connectivity index (χ0) is 21.9. The number of amides is 2. The van der Waals surface area contributed by atoms with Crippen LogP contribution in [0.3, 0.4) is 0 Å². The van der Waals surface area contributed by atoms with E-state index in [0.717, 1.165) is 37.4 Å². The number of fused-ring (bicyclic) bond motifs is 1. The topological polar surface area (TPSA) is 99.1 Å². The largest absolute Gasteiger partial charge is 0.446 e. The third-order valence-corrected chi connectivity index (χ3v) is 8.95. The van der Waals surface area contributed by atoms with Gasteiger partial charge in [-0.05, 0) is 49.9 Å². The summed E-state index contributed by atoms with van der Waals surface area (Å²) in [5.41, 5.74) is -0.877. The van der Waals surface area contributed by atoms with E-state index in [1.807, 2.05) is 30.5 Å². The summed E-state index contributed by atoms with van der Waals surface area (Å²) >= 11 is 1.87. The first-order chi connectivity index (χ1) is 14.3. The molecule has 2 saturated carbocycles. The average molecular weight is 443 g/mol. The first-order valence-electron chi connectivity index (χ1n) is 11.3. The number of ether oxygens (including phenoxy) is 1. The molecule has 6 atom stereocenters. The molecule has 3 N–H and O–H groups in total. The number of nitrogens with zero attached hydrogens (tertiary/aromatic N) is 1. The Kier molecular flexibility index (Phi) is 7.62. The summed E-state index contributed by atoms with van der Waals surface area (Å²) < 4.78 is 5.72. The van der Waals surface area contributed by atoms with E-state index in [2.05, 4.69) is 12.2 Å². The normalized spacial score (nSPS) is 39.2. The van der Waals surface area contributed by atoms with Crippen LogP contribution in [0.15, 0.2) is 0 Å². The summed E-state index contributed by atoms with van der Waals surface area (Å²) in [5.74, 6) is 2.00. The van der Waals surface area contributed by atoms with E-state index in [0.29, 0.717) is 25.8 Å². The fourth-order valence-electron chi connectivity index (χ4n) is 6.23. The molecule has 2 amide bonds. The Morgan fingerprint density at radius 3 is 2.53 bits per heavy atom. The van der Waals surface area contributed by atoms with Crippen molar-refractivity contribution < 1.29 is 24.5 Å². The number of thioether (sulfide) groups is 1. The number of alkyl carbamates (subject to hydrolysis) is 1. The highest BCUT2D eigenvalue weighted by Crippen LogP contribution is 2.61. The van der Waals surface area contributed by atoms with Gasteiger partial charge in [0.05, 0.1) is 12.7 Å². The van der Waals surface area contributed by atoms with Crippen LogP contribution in [0.5, 0.6) is 0 Å². The van der Waals surface area contributed by atoms with E-state index >= 15 is 0 Å². The first kappa shape index (κ1) is 23.7. The van der Waals surface area contributed by atoms with Crippen molar-refractivity contribution in [1.82, 2.24) is 10.2 Å². The number of aliphatic hydroxyl groups excluding tert-OH is 2. The molecule has 6 unspecified atom stereocenters. The van der Waals surface area contributed by atoms with Gasteiger partial charge in [-0.2, -0.15) is 11.8 Å². The molecule has 7 nitrogen and oxygen atoms in total. The van der Waals surface area contributed by atoms with Crippen LogP contribution in [0.1, 0.15) is 52.9 Å². The fraction of sp³-hybridized carbons (Fsp3) is 0.909. The van der Waals surface area contributed by atoms with Crippen molar-refractivity contribution in [3.63, 3.8) is 0 Å². The van der Waals surface area contributed by atoms with Crippen LogP contribution in [0.25, 0.3) is 0 Å². The molecule has 0 aromatic rings. The SMILES string of the molecule is CCNC(=O)OC1CCC2(C)C(CC(=O)N3CCSCC3)C(O)CCC2C1(C)CO. The lowest BCUT2D eigenvalue weighted by atomic mass is 9.46. The maximum Gasteiger partial charge on any atom is 0.407 e. The van der Waals surface area contributed by atoms with Crippen molar-refractivity contribution in [2.24, 2.45) is 22.7 Å². The molecule has 0 bridgehead atoms. The molecule has 1 aliphatic heterocycles. The van der Waals surface area contributed by atoms with Gasteiger partial charge < -0.3 is 25.2 Å². The number of carbonyl (C=O) groups is 2. The Hall–Kier alpha value is -0.990. The Morgan fingerprint density at radius 2 is 1.90 bits per heavy atom. The van der Waals surface area contributed by atoms with Crippen LogP contribution in [0, 0.1) is 22.7 Å². The van der Waals surface area contributed by atoms with Gasteiger partial charge in [-0.1, -0.05) is 13.8 Å². The molecule has 30 heavy (non-hydrogen) atoms. The molecule has 0 spiro atoms. The predicted octanol–water partition coefficient (Wildman–Crippen LogP) is 2.25. The van der Waals surface area contributed by atoms with Crippen molar-refractivity contribution in [3.05, 3.63) is 0 Å². The molecule has 172 valence electrons. The number of nitrogens with one attached hydrogen (secondary N) is 1. The van der Waals surface area contributed by atoms with Crippen molar-refractivity contribution in [2.45, 2.75) is 65.1 Å². The first-order valence-corrected chi connectivity index (χ1v) is 12.5. The smallest absolute Gasteiger partial charge is 0.407 e. The highest BCUT2D eigenvalue weighted by molar-refractivity contribution is 7.99. The summed E-state index contributed by atoms with van der Waals surface area (Å²) in [6.07, 6.45) is 1.77. The minimum absolute atomic E-state index is 0.0706. The van der Waals surface area contributed by atoms with Crippen molar-refractivity contribution >= 4 is 23.8 Å². The van der Waals surface area contributed by atoms with Gasteiger partial charge in [-0.15, -0.1) is 0 Å². The molecule has 3 rings (SSSR count). The van der Waals surface area contributed by atoms with Crippen LogP contribution in [-0.2, 0) is 9.53 Å². The molecule has 0 radical (unpaired) electrons. The fourth-order valence-corrected chi connectivity index (χ4v) is 7.13. The molecule has 3 aliphatic rings. The maximum atomic E-state index is 13.0. The van der Waals surface area contributed by atoms with Gasteiger partial charge in [-0.3, -0.25) is 4.79 Å². The van der Waals surface area contributed by atoms with Gasteiger partial charge in [0.2, 0.25) is 5.91 Å². The van der Waals surface area contributed by atoms with Gasteiger partial charge in [0.1, 0.15) is 6.10 Å². The second-order valence-corrected chi connectivity index (χ2v) is 10.9. The molecule has 0 aromatic heterocycles. The summed E-state index contributed by atoms with van der Waals surface area (Å²) in [5, 5.41) is 24.0. The predicted molar refractivity (Wildman–Crippen MR) is 117 cm³/mol. The summed E-state index contributed by atoms with van der Waals surface area (Å²) in [6, 6.07) is 0. The summed E-state index contributed by atoms with van der Waals surface area (Å²) in [6.45, 7) is 7.98. The third-order valence-electron chi connectivity index (χ3n) is 8.00. The number of rotatable bonds is 5. The molecule has 2 aliphatic carbocycles. The average Bonchev–Trinajstić information content (AvgIpc) is 2.73. The standard InChI is InChI=1S/C22H38N2O5S/c1-4-23-20(28)29-18-7-8-21(2)15(13-19(27)24-9-11-30-12-10-24)16(26)5-6-17(21)22(18,3)14-25/h15-18,25-26H,4-14H2,1-3H3,(H,23,28). The quantitative estimate of drug-likeness (QED) is 0.604. The number of hydrogen-bond acceptors (Lipinski definition) is 6. The van der Waals surface area contributed by atoms with Gasteiger partial charge in [-0.25, -0.2) is 4.79 Å². The van der Waals surface area contributed by atoms with Gasteiger partial charge in [0.15, 0.2) is 0 Å². The molecular formula is C22H38N2O5S. The summed E-state index contributed by atoms with van der Waals surface area (Å²) in [7, 11) is 0. The van der Waals surface area contributed by atoms with Crippen molar-refractivity contribution in [2.75, 3.05) is 37.7 Å². The molecule has 1 heterocycles. The van der Waals surface area contributed by atoms with E-state index in [1.54, 1.807) is 0 Å². The van der Waals surface area contributed by atoms with Gasteiger partial charge >= 0.3 is 6.09 Å². The van der Waals surface area contributed by atoms with E-state index in [1.165, 1.54) is 0 Å². The number of carbonyl (C=O) groups excluding carboxylic acids is 2. The van der Waals surface area contributed by atoms with E-state index in [4.69, 9.17) is 4.74 Å². The van der Waals surface area contributed by atoms with Crippen molar-refractivity contribution in [1.29, 1.82) is 0 Å². The van der Waals surface area contributed by atoms with E-state index < -0.39 is 17.6 Å². The molecular weight excluding hydrogens is 404 g/mol. The molecule has 3 fully saturated rings. The zero-order valence-electron chi connectivity index (χ0n) is 18.6. The lowest BCUT2D eigenvalue weighted by molar-refractivity contribution is -0.187. The molecule has 0 aromatic carbocycles. The third kappa shape index (κ3) is 4.46. The zero-order valence-corrected chi connectivity index (χ0v) is 19.4. The van der Waals surface area contributed by atoms with Gasteiger partial charge in [0.25, 0.3) is 0 Å². The lowest BCUT2D eigenvalue weighted by Crippen LogP contribution is -2.61. The number of hydrogen-bond donors (Lipinski definition) is 3. The van der Waals surface area contributed by atoms with E-state index in [9.17, 15) is 19.8 Å². The van der Waals surface area contributed by atoms with Crippen LogP contribution >= 0.6 is 11.8 Å². The second kappa shape index (κ2) is 9.65. The van der Waals surface area contributed by atoms with E-state index in [-0.39, 0.29) is 35.9 Å². The Balaban J connectivity index is 1.80. The Bertz CT molecular complexity index is 629. The lowest BCUT2D eigenvalue weighted by Gasteiger charge is -2.60. The second-order valence-electron chi connectivity index (χ2n) is 9.63. The maximum absolute atomic E-state index is 13.0. The Labute approximate surface area is 184 Å². The monoisotopic (exact) mass is 442 g/mol. The minimum Gasteiger partial charge on any atom is -0.446 e. The molecule has 1 saturated heterocycles. The van der Waals surface area contributed by atoms with Crippen LogP contribution in [-0.4, -0.2) is 77.1 Å². The highest BCUT2D eigenvalue weighted by atomic mass is 32.2. The highest BCUT2D eigenvalue weighted by Gasteiger charge is 2.60. The minimum atomic E-state index is -0.596. The number of aliphatic hydroxyl groups is 2. The Morgan fingerprint density at radius 1 is 1.20 bits per heavy atom. The van der Waals surface area contributed by atoms with Crippen LogP contribution < -0.4 is 5.32 Å².